The lowest BCUT2D eigenvalue weighted by atomic mass is 10.1. The van der Waals surface area contributed by atoms with Crippen LogP contribution in [0.1, 0.15) is 39.8 Å². The second kappa shape index (κ2) is 8.45. The van der Waals surface area contributed by atoms with E-state index in [1.807, 2.05) is 50.2 Å². The van der Waals surface area contributed by atoms with Crippen LogP contribution in [0, 0.1) is 13.8 Å². The number of hydrogen-bond donors (Lipinski definition) is 2. The third-order valence-electron chi connectivity index (χ3n) is 4.41. The molecule has 0 aliphatic rings. The van der Waals surface area contributed by atoms with Gasteiger partial charge in [0.05, 0.1) is 0 Å². The number of nitrogens with zero attached hydrogens (tertiary/aromatic N) is 2. The summed E-state index contributed by atoms with van der Waals surface area (Å²) in [4.78, 5) is 21.3. The zero-order valence-electron chi connectivity index (χ0n) is 15.9. The van der Waals surface area contributed by atoms with Gasteiger partial charge in [-0.2, -0.15) is 0 Å². The predicted octanol–water partition coefficient (Wildman–Crippen LogP) is 4.33. The smallest absolute Gasteiger partial charge is 0.270 e. The molecule has 0 atom stereocenters. The van der Waals surface area contributed by atoms with Crippen LogP contribution in [0.2, 0.25) is 0 Å². The van der Waals surface area contributed by atoms with Gasteiger partial charge in [-0.25, -0.2) is 9.97 Å². The Hall–Kier alpha value is -3.21. The number of aryl methyl sites for hydroxylation is 3. The van der Waals surface area contributed by atoms with Gasteiger partial charge in [0.15, 0.2) is 0 Å². The summed E-state index contributed by atoms with van der Waals surface area (Å²) in [6, 6.07) is 17.8. The molecule has 0 fully saturated rings. The van der Waals surface area contributed by atoms with Crippen LogP contribution in [0.3, 0.4) is 0 Å². The number of anilines is 2. The molecule has 138 valence electrons. The van der Waals surface area contributed by atoms with Crippen LogP contribution >= 0.6 is 0 Å². The Morgan fingerprint density at radius 2 is 1.74 bits per heavy atom. The first-order chi connectivity index (χ1) is 13.0. The molecule has 3 rings (SSSR count). The van der Waals surface area contributed by atoms with E-state index in [-0.39, 0.29) is 5.91 Å². The van der Waals surface area contributed by atoms with Crippen molar-refractivity contribution < 1.29 is 4.79 Å². The summed E-state index contributed by atoms with van der Waals surface area (Å²) in [6.45, 7) is 6.47. The highest BCUT2D eigenvalue weighted by atomic mass is 16.1. The second-order valence-electron chi connectivity index (χ2n) is 6.50. The van der Waals surface area contributed by atoms with Crippen molar-refractivity contribution in [1.29, 1.82) is 0 Å². The van der Waals surface area contributed by atoms with E-state index in [0.717, 1.165) is 28.9 Å². The van der Waals surface area contributed by atoms with Crippen molar-refractivity contribution in [1.82, 2.24) is 15.3 Å². The lowest BCUT2D eigenvalue weighted by Crippen LogP contribution is -2.24. The molecule has 1 aromatic heterocycles. The van der Waals surface area contributed by atoms with Gasteiger partial charge in [0.2, 0.25) is 5.95 Å². The van der Waals surface area contributed by atoms with Crippen LogP contribution < -0.4 is 10.6 Å². The van der Waals surface area contributed by atoms with Crippen molar-refractivity contribution in [3.63, 3.8) is 0 Å². The van der Waals surface area contributed by atoms with E-state index in [1.165, 1.54) is 5.56 Å². The van der Waals surface area contributed by atoms with Crippen molar-refractivity contribution in [2.75, 3.05) is 5.32 Å². The summed E-state index contributed by atoms with van der Waals surface area (Å²) >= 11 is 0. The quantitative estimate of drug-likeness (QED) is 0.687. The monoisotopic (exact) mass is 360 g/mol. The summed E-state index contributed by atoms with van der Waals surface area (Å²) in [7, 11) is 0. The van der Waals surface area contributed by atoms with Gasteiger partial charge in [-0.05, 0) is 55.2 Å². The number of aromatic nitrogens is 2. The van der Waals surface area contributed by atoms with Crippen LogP contribution in [0.4, 0.5) is 11.6 Å². The fraction of sp³-hybridized carbons (Fsp3) is 0.227. The number of hydrogen-bond acceptors (Lipinski definition) is 4. The molecule has 0 saturated heterocycles. The topological polar surface area (TPSA) is 66.9 Å². The molecule has 2 aromatic carbocycles. The van der Waals surface area contributed by atoms with E-state index in [4.69, 9.17) is 0 Å². The molecule has 5 heteroatoms. The molecule has 3 aromatic rings. The fourth-order valence-corrected chi connectivity index (χ4v) is 2.77. The van der Waals surface area contributed by atoms with Crippen LogP contribution in [-0.4, -0.2) is 15.9 Å². The number of carbonyl (C=O) groups is 1. The van der Waals surface area contributed by atoms with Gasteiger partial charge in [0, 0.05) is 17.9 Å². The molecule has 0 saturated carbocycles. The number of carbonyl (C=O) groups excluding carboxylic acids is 1. The number of amides is 1. The van der Waals surface area contributed by atoms with Gasteiger partial charge in [0.25, 0.3) is 5.91 Å². The Balaban J connectivity index is 1.72. The molecular formula is C22H24N4O. The molecular weight excluding hydrogens is 336 g/mol. The number of nitrogens with one attached hydrogen (secondary N) is 2. The van der Waals surface area contributed by atoms with Crippen LogP contribution in [-0.2, 0) is 13.0 Å². The average Bonchev–Trinajstić information content (AvgIpc) is 2.67. The molecule has 1 heterocycles. The third kappa shape index (κ3) is 4.91. The normalized spacial score (nSPS) is 10.5. The largest absolute Gasteiger partial charge is 0.347 e. The van der Waals surface area contributed by atoms with Crippen LogP contribution in [0.15, 0.2) is 54.6 Å². The summed E-state index contributed by atoms with van der Waals surface area (Å²) < 4.78 is 0. The molecule has 0 radical (unpaired) electrons. The zero-order chi connectivity index (χ0) is 19.2. The molecule has 2 N–H and O–H groups in total. The maximum Gasteiger partial charge on any atom is 0.270 e. The van der Waals surface area contributed by atoms with E-state index in [1.54, 1.807) is 6.07 Å². The Morgan fingerprint density at radius 1 is 1.00 bits per heavy atom. The van der Waals surface area contributed by atoms with Gasteiger partial charge in [-0.15, -0.1) is 0 Å². The van der Waals surface area contributed by atoms with Crippen molar-refractivity contribution in [2.45, 2.75) is 33.7 Å². The van der Waals surface area contributed by atoms with Gasteiger partial charge in [-0.1, -0.05) is 43.3 Å². The molecule has 0 aliphatic carbocycles. The minimum Gasteiger partial charge on any atom is -0.347 e. The minimum atomic E-state index is -0.215. The third-order valence-corrected chi connectivity index (χ3v) is 4.41. The molecule has 0 aliphatic heterocycles. The van der Waals surface area contributed by atoms with Gasteiger partial charge in [0.1, 0.15) is 5.69 Å². The second-order valence-corrected chi connectivity index (χ2v) is 6.50. The molecule has 0 spiro atoms. The Morgan fingerprint density at radius 3 is 2.44 bits per heavy atom. The van der Waals surface area contributed by atoms with E-state index < -0.39 is 0 Å². The predicted molar refractivity (Wildman–Crippen MR) is 108 cm³/mol. The maximum absolute atomic E-state index is 12.5. The van der Waals surface area contributed by atoms with Gasteiger partial charge >= 0.3 is 0 Å². The van der Waals surface area contributed by atoms with Gasteiger partial charge < -0.3 is 10.6 Å². The highest BCUT2D eigenvalue weighted by molar-refractivity contribution is 5.92. The minimum absolute atomic E-state index is 0.215. The Labute approximate surface area is 159 Å². The van der Waals surface area contributed by atoms with Crippen LogP contribution in [0.25, 0.3) is 0 Å². The van der Waals surface area contributed by atoms with Crippen molar-refractivity contribution in [3.05, 3.63) is 82.7 Å². The van der Waals surface area contributed by atoms with E-state index in [2.05, 4.69) is 39.7 Å². The summed E-state index contributed by atoms with van der Waals surface area (Å²) in [5.41, 5.74) is 5.48. The first kappa shape index (κ1) is 18.6. The van der Waals surface area contributed by atoms with E-state index in [9.17, 15) is 4.79 Å². The highest BCUT2D eigenvalue weighted by Gasteiger charge is 2.11. The SMILES string of the molecule is CCc1ccc(Nc2nc(C)cc(C(=O)NCc3ccccc3C)n2)cc1. The fourth-order valence-electron chi connectivity index (χ4n) is 2.77. The summed E-state index contributed by atoms with van der Waals surface area (Å²) in [5.74, 6) is 0.202. The molecule has 1 amide bonds. The summed E-state index contributed by atoms with van der Waals surface area (Å²) in [6.07, 6.45) is 0.992. The zero-order valence-corrected chi connectivity index (χ0v) is 15.9. The summed E-state index contributed by atoms with van der Waals surface area (Å²) in [5, 5.41) is 6.10. The first-order valence-corrected chi connectivity index (χ1v) is 9.09. The molecule has 5 nitrogen and oxygen atoms in total. The molecule has 0 unspecified atom stereocenters. The van der Waals surface area contributed by atoms with Crippen molar-refractivity contribution >= 4 is 17.5 Å². The standard InChI is InChI=1S/C22H24N4O/c1-4-17-9-11-19(12-10-17)25-22-24-16(3)13-20(26-22)21(27)23-14-18-8-6-5-7-15(18)2/h5-13H,4,14H2,1-3H3,(H,23,27)(H,24,25,26). The van der Waals surface area contributed by atoms with Crippen molar-refractivity contribution in [2.24, 2.45) is 0 Å². The Bertz CT molecular complexity index is 935. The lowest BCUT2D eigenvalue weighted by molar-refractivity contribution is 0.0945. The average molecular weight is 360 g/mol. The van der Waals surface area contributed by atoms with Crippen LogP contribution in [0.5, 0.6) is 0 Å². The van der Waals surface area contributed by atoms with Crippen molar-refractivity contribution in [3.8, 4) is 0 Å². The molecule has 0 bridgehead atoms. The maximum atomic E-state index is 12.5. The first-order valence-electron chi connectivity index (χ1n) is 9.09. The molecule has 27 heavy (non-hydrogen) atoms. The van der Waals surface area contributed by atoms with E-state index >= 15 is 0 Å². The van der Waals surface area contributed by atoms with Gasteiger partial charge in [-0.3, -0.25) is 4.79 Å². The van der Waals surface area contributed by atoms with E-state index in [0.29, 0.717) is 18.2 Å². The number of benzene rings is 2. The Kier molecular flexibility index (Phi) is 5.81. The lowest BCUT2D eigenvalue weighted by Gasteiger charge is -2.10. The number of rotatable bonds is 6. The highest BCUT2D eigenvalue weighted by Crippen LogP contribution is 2.15.